The van der Waals surface area contributed by atoms with E-state index in [0.717, 1.165) is 11.5 Å². The summed E-state index contributed by atoms with van der Waals surface area (Å²) in [5.74, 6) is -2.41. The minimum Gasteiger partial charge on any atom is -0.478 e. The number of carbonyl (C=O) groups is 1. The molecule has 0 bridgehead atoms. The maximum atomic E-state index is 13.1. The van der Waals surface area contributed by atoms with Gasteiger partial charge in [0.05, 0.1) is 39.1 Å². The second-order valence-electron chi connectivity index (χ2n) is 8.93. The lowest BCUT2D eigenvalue weighted by Gasteiger charge is -2.09. The summed E-state index contributed by atoms with van der Waals surface area (Å²) in [4.78, 5) is 37.2. The number of nitrogens with zero attached hydrogens (tertiary/aromatic N) is 2. The first kappa shape index (κ1) is 33.9. The topological polar surface area (TPSA) is 252 Å². The van der Waals surface area contributed by atoms with Gasteiger partial charge < -0.3 is 5.11 Å². The first-order chi connectivity index (χ1) is 20.4. The van der Waals surface area contributed by atoms with Crippen LogP contribution >= 0.6 is 0 Å². The second kappa shape index (κ2) is 13.0. The van der Waals surface area contributed by atoms with Gasteiger partial charge >= 0.3 is 16.4 Å². The van der Waals surface area contributed by atoms with Crippen LogP contribution in [-0.4, -0.2) is 53.2 Å². The zero-order valence-electron chi connectivity index (χ0n) is 22.8. The van der Waals surface area contributed by atoms with Gasteiger partial charge in [-0.05, 0) is 61.4 Å². The van der Waals surface area contributed by atoms with Gasteiger partial charge in [0.2, 0.25) is 10.9 Å². The molecule has 0 aliphatic heterocycles. The van der Waals surface area contributed by atoms with Crippen LogP contribution in [-0.2, 0) is 34.3 Å². The molecule has 0 aliphatic carbocycles. The molecule has 0 spiro atoms. The highest BCUT2D eigenvalue weighted by Crippen LogP contribution is 2.22. The van der Waals surface area contributed by atoms with E-state index in [0.29, 0.717) is 11.6 Å². The van der Waals surface area contributed by atoms with Crippen molar-refractivity contribution in [1.82, 2.24) is 0 Å². The largest absolute Gasteiger partial charge is 0.478 e. The normalized spacial score (nSPS) is 13.1. The highest BCUT2D eigenvalue weighted by Gasteiger charge is 2.18. The van der Waals surface area contributed by atoms with Crippen LogP contribution in [0.5, 0.6) is 0 Å². The van der Waals surface area contributed by atoms with Crippen molar-refractivity contribution < 1.29 is 43.9 Å². The summed E-state index contributed by atoms with van der Waals surface area (Å²) >= 11 is 0. The van der Waals surface area contributed by atoms with Crippen molar-refractivity contribution in [3.63, 3.8) is 0 Å². The highest BCUT2D eigenvalue weighted by molar-refractivity contribution is 7.94. The monoisotopic (exact) mass is 668 g/mol. The first-order valence-corrected chi connectivity index (χ1v) is 16.6. The van der Waals surface area contributed by atoms with E-state index in [2.05, 4.69) is 31.8 Å². The molecule has 0 fully saturated rings. The summed E-state index contributed by atoms with van der Waals surface area (Å²) in [6.45, 7) is 5.42. The standard InChI is InChI=1S/C25H24N4O12S3/c1-4-42(34,35)16-5-7-20(14(2)11-16)27-29-23-21(30)13-18(25(32)33)22(24(23)31)28-26-19-8-6-17(12-15(19)3)43(36,37)10-9-41-44(38,39)40/h4-8,11-13,26-27H,1,9-10H2,2-3H3,(H,32,33)(H,38,39,40). The third-order valence-electron chi connectivity index (χ3n) is 5.89. The average molecular weight is 669 g/mol. The van der Waals surface area contributed by atoms with Gasteiger partial charge in [0.1, 0.15) is 5.36 Å². The molecule has 0 amide bonds. The van der Waals surface area contributed by atoms with Gasteiger partial charge in [0, 0.05) is 11.5 Å². The molecule has 234 valence electrons. The molecule has 3 aromatic rings. The SMILES string of the molecule is C=CS(=O)(=O)c1ccc(NN=c2c(=O)cc(C(=O)O)c(=NNc3ccc(S(=O)(=O)CCOS(=O)(=O)O)cc3C)c2=O)c(C)c1. The molecule has 0 heterocycles. The van der Waals surface area contributed by atoms with E-state index in [9.17, 15) is 44.7 Å². The molecule has 4 N–H and O–H groups in total. The van der Waals surface area contributed by atoms with Crippen molar-refractivity contribution in [2.45, 2.75) is 23.6 Å². The molecule has 3 rings (SSSR count). The van der Waals surface area contributed by atoms with E-state index >= 15 is 0 Å². The summed E-state index contributed by atoms with van der Waals surface area (Å²) < 4.78 is 82.9. The number of anilines is 2. The van der Waals surface area contributed by atoms with Crippen molar-refractivity contribution >= 4 is 47.4 Å². The minimum absolute atomic E-state index is 0.0466. The summed E-state index contributed by atoms with van der Waals surface area (Å²) in [5, 5.41) is 16.6. The number of hydrogen-bond acceptors (Lipinski definition) is 14. The Bertz CT molecular complexity index is 2220. The molecular formula is C25H24N4O12S3. The van der Waals surface area contributed by atoms with Crippen LogP contribution in [0, 0.1) is 13.8 Å². The van der Waals surface area contributed by atoms with Gasteiger partial charge in [-0.15, -0.1) is 0 Å². The van der Waals surface area contributed by atoms with Crippen LogP contribution < -0.4 is 32.4 Å². The van der Waals surface area contributed by atoms with Gasteiger partial charge in [-0.25, -0.2) is 25.8 Å². The van der Waals surface area contributed by atoms with Crippen molar-refractivity contribution in [3.8, 4) is 0 Å². The molecule has 0 saturated heterocycles. The maximum absolute atomic E-state index is 13.1. The molecule has 0 saturated carbocycles. The van der Waals surface area contributed by atoms with E-state index in [1.165, 1.54) is 37.3 Å². The van der Waals surface area contributed by atoms with E-state index in [4.69, 9.17) is 4.55 Å². The number of aryl methyl sites for hydroxylation is 2. The van der Waals surface area contributed by atoms with E-state index < -0.39 is 75.5 Å². The molecule has 0 atom stereocenters. The number of hydrogen-bond donors (Lipinski definition) is 4. The quantitative estimate of drug-likeness (QED) is 0.146. The van der Waals surface area contributed by atoms with Crippen molar-refractivity contribution in [2.75, 3.05) is 23.2 Å². The van der Waals surface area contributed by atoms with E-state index in [1.54, 1.807) is 6.92 Å². The van der Waals surface area contributed by atoms with Crippen molar-refractivity contribution in [3.05, 3.63) is 102 Å². The number of sulfone groups is 2. The maximum Gasteiger partial charge on any atom is 0.397 e. The number of benzene rings is 3. The number of carboxylic acids is 1. The van der Waals surface area contributed by atoms with Gasteiger partial charge in [-0.3, -0.25) is 25.0 Å². The molecule has 19 heteroatoms. The predicted molar refractivity (Wildman–Crippen MR) is 156 cm³/mol. The Morgan fingerprint density at radius 1 is 0.886 bits per heavy atom. The lowest BCUT2D eigenvalue weighted by atomic mass is 10.2. The molecule has 0 unspecified atom stereocenters. The van der Waals surface area contributed by atoms with Crippen LogP contribution in [0.25, 0.3) is 0 Å². The Hall–Kier alpha value is -4.56. The van der Waals surface area contributed by atoms with Crippen LogP contribution in [0.3, 0.4) is 0 Å². The Morgan fingerprint density at radius 3 is 1.91 bits per heavy atom. The van der Waals surface area contributed by atoms with Gasteiger partial charge in [-0.1, -0.05) is 6.58 Å². The third kappa shape index (κ3) is 8.08. The minimum atomic E-state index is -4.83. The molecule has 44 heavy (non-hydrogen) atoms. The van der Waals surface area contributed by atoms with Crippen molar-refractivity contribution in [2.24, 2.45) is 10.2 Å². The third-order valence-corrected chi connectivity index (χ3v) is 9.38. The van der Waals surface area contributed by atoms with Gasteiger partial charge in [0.25, 0.3) is 0 Å². The van der Waals surface area contributed by atoms with Gasteiger partial charge in [-0.2, -0.15) is 18.6 Å². The fraction of sp³-hybridized carbons (Fsp3) is 0.160. The average Bonchev–Trinajstić information content (AvgIpc) is 2.92. The Morgan fingerprint density at radius 2 is 1.41 bits per heavy atom. The first-order valence-electron chi connectivity index (χ1n) is 12.0. The number of nitrogens with one attached hydrogen (secondary N) is 2. The Balaban J connectivity index is 1.99. The van der Waals surface area contributed by atoms with Crippen LogP contribution in [0.1, 0.15) is 21.5 Å². The molecule has 0 aromatic heterocycles. The summed E-state index contributed by atoms with van der Waals surface area (Å²) in [5.41, 5.74) is 3.05. The fourth-order valence-corrected chi connectivity index (χ4v) is 5.94. The molecule has 16 nitrogen and oxygen atoms in total. The van der Waals surface area contributed by atoms with Gasteiger partial charge in [0.15, 0.2) is 25.0 Å². The van der Waals surface area contributed by atoms with Crippen LogP contribution in [0.4, 0.5) is 11.4 Å². The molecule has 0 radical (unpaired) electrons. The summed E-state index contributed by atoms with van der Waals surface area (Å²) in [7, 11) is -12.6. The zero-order chi connectivity index (χ0) is 33.0. The summed E-state index contributed by atoms with van der Waals surface area (Å²) in [6.07, 6.45) is 0. The molecular weight excluding hydrogens is 644 g/mol. The fourth-order valence-electron chi connectivity index (χ4n) is 3.58. The zero-order valence-corrected chi connectivity index (χ0v) is 25.3. The lowest BCUT2D eigenvalue weighted by Crippen LogP contribution is -2.50. The Kier molecular flexibility index (Phi) is 10.0. The van der Waals surface area contributed by atoms with Crippen LogP contribution in [0.15, 0.2) is 84.0 Å². The van der Waals surface area contributed by atoms with Crippen molar-refractivity contribution in [1.29, 1.82) is 0 Å². The van der Waals surface area contributed by atoms with E-state index in [-0.39, 0.29) is 26.7 Å². The Labute approximate surface area is 250 Å². The number of carboxylic acid groups (broad SMARTS) is 1. The molecule has 3 aromatic carbocycles. The number of aromatic carboxylic acids is 1. The van der Waals surface area contributed by atoms with E-state index in [1.807, 2.05) is 0 Å². The predicted octanol–water partition coefficient (Wildman–Crippen LogP) is -0.0365. The smallest absolute Gasteiger partial charge is 0.397 e. The summed E-state index contributed by atoms with van der Waals surface area (Å²) in [6, 6.07) is 8.12. The lowest BCUT2D eigenvalue weighted by molar-refractivity contribution is 0.0694. The number of rotatable bonds is 12. The highest BCUT2D eigenvalue weighted by atomic mass is 32.3. The van der Waals surface area contributed by atoms with Crippen LogP contribution in [0.2, 0.25) is 0 Å². The second-order valence-corrected chi connectivity index (χ2v) is 14.0. The molecule has 0 aliphatic rings.